The van der Waals surface area contributed by atoms with Crippen LogP contribution in [0.15, 0.2) is 42.6 Å². The van der Waals surface area contributed by atoms with Crippen molar-refractivity contribution in [2.24, 2.45) is 11.8 Å². The van der Waals surface area contributed by atoms with Crippen LogP contribution in [0.25, 0.3) is 20.8 Å². The van der Waals surface area contributed by atoms with Gasteiger partial charge in [-0.1, -0.05) is 30.3 Å². The summed E-state index contributed by atoms with van der Waals surface area (Å²) in [5.41, 5.74) is 3.18. The molecule has 4 aromatic rings. The molecule has 4 atom stereocenters. The van der Waals surface area contributed by atoms with E-state index in [1.807, 2.05) is 19.9 Å². The van der Waals surface area contributed by atoms with Gasteiger partial charge in [0.25, 0.3) is 0 Å². The first-order valence-electron chi connectivity index (χ1n) is 13.9. The van der Waals surface area contributed by atoms with E-state index in [9.17, 15) is 15.3 Å². The second-order valence-corrected chi connectivity index (χ2v) is 12.5. The molecule has 6 rings (SSSR count). The Morgan fingerprint density at radius 2 is 1.80 bits per heavy atom. The van der Waals surface area contributed by atoms with Gasteiger partial charge in [0.1, 0.15) is 21.9 Å². The van der Waals surface area contributed by atoms with Crippen molar-refractivity contribution in [1.82, 2.24) is 19.9 Å². The van der Waals surface area contributed by atoms with Crippen LogP contribution in [0.4, 0.5) is 11.8 Å². The summed E-state index contributed by atoms with van der Waals surface area (Å²) >= 11 is 1.55. The maximum atomic E-state index is 11.2. The molecule has 0 spiro atoms. The van der Waals surface area contributed by atoms with Crippen molar-refractivity contribution in [3.05, 3.63) is 59.5 Å². The van der Waals surface area contributed by atoms with Crippen molar-refractivity contribution in [2.45, 2.75) is 63.7 Å². The van der Waals surface area contributed by atoms with Gasteiger partial charge >= 0.3 is 0 Å². The highest BCUT2D eigenvalue weighted by atomic mass is 32.1. The maximum Gasteiger partial charge on any atom is 0.224 e. The van der Waals surface area contributed by atoms with Crippen LogP contribution in [0.3, 0.4) is 0 Å². The lowest BCUT2D eigenvalue weighted by Gasteiger charge is -2.36. The lowest BCUT2D eigenvalue weighted by Crippen LogP contribution is -2.48. The average molecular weight is 561 g/mol. The summed E-state index contributed by atoms with van der Waals surface area (Å²) < 4.78 is 1.02. The van der Waals surface area contributed by atoms with E-state index in [4.69, 9.17) is 15.0 Å². The molecule has 0 amide bonds. The number of pyridine rings is 1. The number of aromatic nitrogens is 4. The lowest BCUT2D eigenvalue weighted by atomic mass is 9.71. The molecule has 0 saturated heterocycles. The number of aliphatic hydroxyl groups is 3. The zero-order valence-electron chi connectivity index (χ0n) is 23.0. The molecule has 1 aromatic carbocycles. The van der Waals surface area contributed by atoms with E-state index in [-0.39, 0.29) is 6.61 Å². The monoisotopic (exact) mass is 560 g/mol. The minimum atomic E-state index is -1.44. The van der Waals surface area contributed by atoms with Gasteiger partial charge in [-0.3, -0.25) is 4.98 Å². The second kappa shape index (κ2) is 10.7. The van der Waals surface area contributed by atoms with Gasteiger partial charge in [0.2, 0.25) is 5.95 Å². The van der Waals surface area contributed by atoms with Crippen molar-refractivity contribution in [2.75, 3.05) is 23.8 Å². The quantitative estimate of drug-likeness (QED) is 0.214. The molecule has 3 aromatic heterocycles. The Morgan fingerprint density at radius 3 is 2.50 bits per heavy atom. The van der Waals surface area contributed by atoms with Crippen molar-refractivity contribution >= 4 is 33.3 Å². The number of hydrogen-bond acceptors (Lipinski definition) is 10. The van der Waals surface area contributed by atoms with Gasteiger partial charge in [0.15, 0.2) is 0 Å². The number of hydrogen-bond donors (Lipinski definition) is 5. The van der Waals surface area contributed by atoms with Gasteiger partial charge < -0.3 is 26.0 Å². The normalized spacial score (nSPS) is 28.0. The molecule has 3 heterocycles. The summed E-state index contributed by atoms with van der Waals surface area (Å²) in [6.07, 6.45) is 3.39. The highest BCUT2D eigenvalue weighted by Crippen LogP contribution is 2.43. The first kappa shape index (κ1) is 27.0. The van der Waals surface area contributed by atoms with E-state index >= 15 is 0 Å². The third-order valence-electron chi connectivity index (χ3n) is 8.68. The van der Waals surface area contributed by atoms with Crippen LogP contribution in [0.1, 0.15) is 49.1 Å². The lowest BCUT2D eigenvalue weighted by molar-refractivity contribution is -0.0647. The number of thiazole rings is 1. The van der Waals surface area contributed by atoms with Crippen molar-refractivity contribution in [3.8, 4) is 10.6 Å². The molecule has 2 saturated carbocycles. The number of nitrogens with one attached hydrogen (secondary N) is 2. The zero-order chi connectivity index (χ0) is 28.0. The number of benzene rings is 1. The SMILES string of the molecule is Cc1nc(NCC2CC(c3ccccc3)C2)nc(N[C@@H]2C[C@H](CO)[C@@H](O)[C@@]2(C)O)c1-c1nc2c(C)nccc2s1. The van der Waals surface area contributed by atoms with Crippen molar-refractivity contribution < 1.29 is 15.3 Å². The van der Waals surface area contributed by atoms with Gasteiger partial charge in [-0.05, 0) is 63.5 Å². The third-order valence-corrected chi connectivity index (χ3v) is 9.72. The van der Waals surface area contributed by atoms with E-state index < -0.39 is 23.7 Å². The van der Waals surface area contributed by atoms with E-state index in [1.54, 1.807) is 24.5 Å². The first-order chi connectivity index (χ1) is 19.2. The Morgan fingerprint density at radius 1 is 1.02 bits per heavy atom. The van der Waals surface area contributed by atoms with Gasteiger partial charge in [0, 0.05) is 25.3 Å². The van der Waals surface area contributed by atoms with Gasteiger partial charge in [0.05, 0.1) is 33.8 Å². The summed E-state index contributed by atoms with van der Waals surface area (Å²) in [6, 6.07) is 12.1. The topological polar surface area (TPSA) is 136 Å². The molecule has 5 N–H and O–H groups in total. The number of fused-ring (bicyclic) bond motifs is 1. The fourth-order valence-electron chi connectivity index (χ4n) is 6.13. The summed E-state index contributed by atoms with van der Waals surface area (Å²) in [4.78, 5) is 19.0. The van der Waals surface area contributed by atoms with Crippen LogP contribution in [-0.2, 0) is 0 Å². The largest absolute Gasteiger partial charge is 0.396 e. The van der Waals surface area contributed by atoms with Crippen LogP contribution in [0.2, 0.25) is 0 Å². The highest BCUT2D eigenvalue weighted by Gasteiger charge is 2.50. The molecule has 40 heavy (non-hydrogen) atoms. The summed E-state index contributed by atoms with van der Waals surface area (Å²) in [7, 11) is 0. The third kappa shape index (κ3) is 4.94. The highest BCUT2D eigenvalue weighted by molar-refractivity contribution is 7.21. The first-order valence-corrected chi connectivity index (χ1v) is 14.7. The molecule has 0 bridgehead atoms. The van der Waals surface area contributed by atoms with E-state index in [0.29, 0.717) is 30.0 Å². The number of anilines is 2. The number of aliphatic hydroxyl groups excluding tert-OH is 2. The predicted octanol–water partition coefficient (Wildman–Crippen LogP) is 4.28. The molecule has 2 aliphatic carbocycles. The number of nitrogens with zero attached hydrogens (tertiary/aromatic N) is 4. The molecule has 0 aliphatic heterocycles. The number of aryl methyl sites for hydroxylation is 2. The van der Waals surface area contributed by atoms with Gasteiger partial charge in [-0.2, -0.15) is 4.98 Å². The fourth-order valence-corrected chi connectivity index (χ4v) is 7.25. The van der Waals surface area contributed by atoms with Gasteiger partial charge in [-0.25, -0.2) is 9.97 Å². The minimum absolute atomic E-state index is 0.201. The Labute approximate surface area is 237 Å². The summed E-state index contributed by atoms with van der Waals surface area (Å²) in [5.74, 6) is 1.78. The molecule has 0 radical (unpaired) electrons. The Bertz CT molecular complexity index is 1500. The Balaban J connectivity index is 1.28. The van der Waals surface area contributed by atoms with E-state index in [1.165, 1.54) is 5.56 Å². The van der Waals surface area contributed by atoms with Crippen molar-refractivity contribution in [1.29, 1.82) is 0 Å². The fraction of sp³-hybridized carbons (Fsp3) is 0.467. The second-order valence-electron chi connectivity index (χ2n) is 11.5. The van der Waals surface area contributed by atoms with Crippen LogP contribution < -0.4 is 10.6 Å². The Hall–Kier alpha value is -3.18. The smallest absolute Gasteiger partial charge is 0.224 e. The Kier molecular flexibility index (Phi) is 7.20. The van der Waals surface area contributed by atoms with Crippen LogP contribution in [0, 0.1) is 25.7 Å². The molecule has 210 valence electrons. The average Bonchev–Trinajstić information content (AvgIpc) is 3.43. The number of rotatable bonds is 8. The molecule has 2 fully saturated rings. The summed E-state index contributed by atoms with van der Waals surface area (Å²) in [5, 5.41) is 39.2. The van der Waals surface area contributed by atoms with E-state index in [2.05, 4.69) is 45.9 Å². The molecule has 2 aliphatic rings. The van der Waals surface area contributed by atoms with Crippen LogP contribution >= 0.6 is 11.3 Å². The summed E-state index contributed by atoms with van der Waals surface area (Å²) in [6.45, 7) is 6.06. The molecular weight excluding hydrogens is 524 g/mol. The standard InChI is InChI=1S/C30H36N6O3S/c1-16-24(28-35-25-17(2)31-10-9-22(25)40-28)27(34-23-13-21(15-37)26(38)30(23,3)39)36-29(33-16)32-14-18-11-20(12-18)19-7-5-4-6-8-19/h4-10,18,20-21,23,26,37-39H,11-15H2,1-3H3,(H2,32,33,34,36)/t18?,20?,21-,23-,26-,30+/m1/s1. The minimum Gasteiger partial charge on any atom is -0.396 e. The molecular formula is C30H36N6O3S. The molecule has 10 heteroatoms. The maximum absolute atomic E-state index is 11.2. The molecule has 9 nitrogen and oxygen atoms in total. The molecule has 0 unspecified atom stereocenters. The van der Waals surface area contributed by atoms with E-state index in [0.717, 1.165) is 51.6 Å². The zero-order valence-corrected chi connectivity index (χ0v) is 23.8. The van der Waals surface area contributed by atoms with Crippen molar-refractivity contribution in [3.63, 3.8) is 0 Å². The predicted molar refractivity (Wildman–Crippen MR) is 158 cm³/mol. The van der Waals surface area contributed by atoms with Crippen LogP contribution in [0.5, 0.6) is 0 Å². The van der Waals surface area contributed by atoms with Crippen LogP contribution in [-0.4, -0.2) is 66.2 Å². The van der Waals surface area contributed by atoms with Gasteiger partial charge in [-0.15, -0.1) is 11.3 Å².